The molecule has 1 N–H and O–H groups in total. The molecule has 0 aromatic heterocycles. The number of hydrogen-bond donors (Lipinski definition) is 1. The molecule has 1 nitrogen and oxygen atoms in total. The van der Waals surface area contributed by atoms with Gasteiger partial charge in [0.25, 0.3) is 0 Å². The van der Waals surface area contributed by atoms with E-state index in [2.05, 4.69) is 12.2 Å². The maximum Gasteiger partial charge on any atom is 0.0121 e. The lowest BCUT2D eigenvalue weighted by Gasteiger charge is -2.29. The van der Waals surface area contributed by atoms with Gasteiger partial charge in [0.1, 0.15) is 0 Å². The zero-order valence-corrected chi connectivity index (χ0v) is 7.53. The molecule has 2 rings (SSSR count). The Balaban J connectivity index is 2.09. The molecule has 1 unspecified atom stereocenters. The Hall–Kier alpha value is -0.0400. The molecule has 1 spiro atoms. The highest BCUT2D eigenvalue weighted by atomic mass is 15.0. The minimum atomic E-state index is 0.745. The van der Waals surface area contributed by atoms with Crippen LogP contribution in [-0.4, -0.2) is 12.6 Å². The first kappa shape index (κ1) is 7.60. The zero-order valence-electron chi connectivity index (χ0n) is 7.53. The fraction of sp³-hybridized carbons (Fsp3) is 1.00. The zero-order chi connectivity index (χ0) is 7.73. The molecule has 2 aliphatic rings. The lowest BCUT2D eigenvalue weighted by atomic mass is 9.78. The lowest BCUT2D eigenvalue weighted by molar-refractivity contribution is 0.250. The third-order valence-corrected chi connectivity index (χ3v) is 3.76. The van der Waals surface area contributed by atoms with E-state index in [1.165, 1.54) is 45.1 Å². The molecule has 11 heavy (non-hydrogen) atoms. The summed E-state index contributed by atoms with van der Waals surface area (Å²) in [4.78, 5) is 0. The van der Waals surface area contributed by atoms with Gasteiger partial charge in [-0.1, -0.05) is 19.8 Å². The summed E-state index contributed by atoms with van der Waals surface area (Å²) in [5.74, 6) is 0. The Morgan fingerprint density at radius 1 is 1.27 bits per heavy atom. The molecule has 1 saturated carbocycles. The van der Waals surface area contributed by atoms with Crippen LogP contribution in [0.5, 0.6) is 0 Å². The molecule has 1 heterocycles. The van der Waals surface area contributed by atoms with Crippen LogP contribution < -0.4 is 5.32 Å². The van der Waals surface area contributed by atoms with Crippen molar-refractivity contribution in [1.29, 1.82) is 0 Å². The Bertz CT molecular complexity index is 130. The molecule has 0 amide bonds. The van der Waals surface area contributed by atoms with Gasteiger partial charge in [-0.25, -0.2) is 0 Å². The summed E-state index contributed by atoms with van der Waals surface area (Å²) in [5.41, 5.74) is 0.745. The fourth-order valence-electron chi connectivity index (χ4n) is 3.14. The van der Waals surface area contributed by atoms with E-state index in [1.807, 2.05) is 0 Å². The van der Waals surface area contributed by atoms with E-state index >= 15 is 0 Å². The first-order chi connectivity index (χ1) is 5.37. The van der Waals surface area contributed by atoms with Crippen molar-refractivity contribution in [3.8, 4) is 0 Å². The van der Waals surface area contributed by atoms with Gasteiger partial charge >= 0.3 is 0 Å². The van der Waals surface area contributed by atoms with E-state index in [0.29, 0.717) is 0 Å². The summed E-state index contributed by atoms with van der Waals surface area (Å²) in [5, 5.41) is 3.64. The summed E-state index contributed by atoms with van der Waals surface area (Å²) in [6.07, 6.45) is 8.75. The predicted molar refractivity (Wildman–Crippen MR) is 47.6 cm³/mol. The fourth-order valence-corrected chi connectivity index (χ4v) is 3.14. The van der Waals surface area contributed by atoms with E-state index < -0.39 is 0 Å². The Kier molecular flexibility index (Phi) is 1.92. The summed E-state index contributed by atoms with van der Waals surface area (Å²) >= 11 is 0. The number of hydrogen-bond acceptors (Lipinski definition) is 1. The van der Waals surface area contributed by atoms with Gasteiger partial charge < -0.3 is 5.32 Å². The van der Waals surface area contributed by atoms with E-state index in [4.69, 9.17) is 0 Å². The second kappa shape index (κ2) is 2.78. The third-order valence-electron chi connectivity index (χ3n) is 3.76. The molecular formula is C10H19N. The molecule has 2 fully saturated rings. The van der Waals surface area contributed by atoms with Gasteiger partial charge in [0, 0.05) is 6.04 Å². The second-order valence-electron chi connectivity index (χ2n) is 4.23. The normalized spacial score (nSPS) is 35.2. The summed E-state index contributed by atoms with van der Waals surface area (Å²) in [6, 6.07) is 0.852. The van der Waals surface area contributed by atoms with Crippen molar-refractivity contribution in [3.63, 3.8) is 0 Å². The maximum absolute atomic E-state index is 3.64. The van der Waals surface area contributed by atoms with E-state index in [1.54, 1.807) is 0 Å². The largest absolute Gasteiger partial charge is 0.313 e. The van der Waals surface area contributed by atoms with Crippen LogP contribution in [0.15, 0.2) is 0 Å². The van der Waals surface area contributed by atoms with Crippen molar-refractivity contribution < 1.29 is 0 Å². The molecule has 0 radical (unpaired) electrons. The Labute approximate surface area is 69.6 Å². The van der Waals surface area contributed by atoms with Crippen molar-refractivity contribution in [2.75, 3.05) is 6.54 Å². The molecule has 1 aliphatic heterocycles. The van der Waals surface area contributed by atoms with Crippen LogP contribution in [-0.2, 0) is 0 Å². The highest BCUT2D eigenvalue weighted by Gasteiger charge is 2.43. The van der Waals surface area contributed by atoms with E-state index in [0.717, 1.165) is 11.5 Å². The molecule has 1 aliphatic carbocycles. The second-order valence-corrected chi connectivity index (χ2v) is 4.23. The van der Waals surface area contributed by atoms with Crippen molar-refractivity contribution in [2.45, 2.75) is 51.5 Å². The van der Waals surface area contributed by atoms with Gasteiger partial charge in [-0.3, -0.25) is 0 Å². The third kappa shape index (κ3) is 1.10. The van der Waals surface area contributed by atoms with Crippen molar-refractivity contribution in [2.24, 2.45) is 5.41 Å². The van der Waals surface area contributed by atoms with Gasteiger partial charge in [-0.05, 0) is 37.6 Å². The quantitative estimate of drug-likeness (QED) is 0.609. The summed E-state index contributed by atoms with van der Waals surface area (Å²) in [7, 11) is 0. The van der Waals surface area contributed by atoms with Crippen LogP contribution in [0.2, 0.25) is 0 Å². The minimum absolute atomic E-state index is 0.745. The number of nitrogens with one attached hydrogen (secondary N) is 1. The van der Waals surface area contributed by atoms with Crippen molar-refractivity contribution >= 4 is 0 Å². The lowest BCUT2D eigenvalue weighted by Crippen LogP contribution is -2.33. The van der Waals surface area contributed by atoms with Crippen LogP contribution in [0.1, 0.15) is 45.4 Å². The molecule has 64 valence electrons. The van der Waals surface area contributed by atoms with Crippen molar-refractivity contribution in [1.82, 2.24) is 5.32 Å². The van der Waals surface area contributed by atoms with E-state index in [-0.39, 0.29) is 0 Å². The first-order valence-electron chi connectivity index (χ1n) is 5.11. The van der Waals surface area contributed by atoms with Crippen LogP contribution >= 0.6 is 0 Å². The van der Waals surface area contributed by atoms with Crippen molar-refractivity contribution in [3.05, 3.63) is 0 Å². The van der Waals surface area contributed by atoms with Crippen LogP contribution in [0.3, 0.4) is 0 Å². The van der Waals surface area contributed by atoms with Gasteiger partial charge in [0.05, 0.1) is 0 Å². The van der Waals surface area contributed by atoms with Crippen LogP contribution in [0.4, 0.5) is 0 Å². The standard InChI is InChI=1S/C10H19N/c1-2-9-10(7-8-11-9)5-3-4-6-10/h9,11H,2-8H2,1H3. The SMILES string of the molecule is CCC1NCCC12CCCC2. The highest BCUT2D eigenvalue weighted by Crippen LogP contribution is 2.47. The summed E-state index contributed by atoms with van der Waals surface area (Å²) < 4.78 is 0. The molecule has 1 atom stereocenters. The van der Waals surface area contributed by atoms with Crippen LogP contribution in [0.25, 0.3) is 0 Å². The van der Waals surface area contributed by atoms with Gasteiger partial charge in [-0.15, -0.1) is 0 Å². The minimum Gasteiger partial charge on any atom is -0.313 e. The highest BCUT2D eigenvalue weighted by molar-refractivity contribution is 4.98. The topological polar surface area (TPSA) is 12.0 Å². The van der Waals surface area contributed by atoms with Gasteiger partial charge in [0.15, 0.2) is 0 Å². The average molecular weight is 153 g/mol. The number of rotatable bonds is 1. The molecule has 0 aromatic carbocycles. The Morgan fingerprint density at radius 3 is 2.64 bits per heavy atom. The molecule has 0 bridgehead atoms. The average Bonchev–Trinajstić information content (AvgIpc) is 2.62. The molecule has 0 aromatic rings. The Morgan fingerprint density at radius 2 is 2.00 bits per heavy atom. The monoisotopic (exact) mass is 153 g/mol. The molecule has 1 heteroatoms. The summed E-state index contributed by atoms with van der Waals surface area (Å²) in [6.45, 7) is 3.60. The van der Waals surface area contributed by atoms with E-state index in [9.17, 15) is 0 Å². The molecular weight excluding hydrogens is 134 g/mol. The van der Waals surface area contributed by atoms with Gasteiger partial charge in [-0.2, -0.15) is 0 Å². The van der Waals surface area contributed by atoms with Crippen LogP contribution in [0, 0.1) is 5.41 Å². The predicted octanol–water partition coefficient (Wildman–Crippen LogP) is 2.32. The molecule has 1 saturated heterocycles. The maximum atomic E-state index is 3.64. The van der Waals surface area contributed by atoms with Gasteiger partial charge in [0.2, 0.25) is 0 Å². The smallest absolute Gasteiger partial charge is 0.0121 e. The first-order valence-corrected chi connectivity index (χ1v) is 5.11.